The van der Waals surface area contributed by atoms with Crippen molar-refractivity contribution in [1.29, 1.82) is 0 Å². The van der Waals surface area contributed by atoms with Crippen LogP contribution < -0.4 is 25.6 Å². The summed E-state index contributed by atoms with van der Waals surface area (Å²) in [5, 5.41) is 8.65. The fraction of sp³-hybridized carbons (Fsp3) is 0.281. The van der Waals surface area contributed by atoms with Crippen LogP contribution in [0, 0.1) is 11.8 Å². The average Bonchev–Trinajstić information content (AvgIpc) is 3.31. The number of nitrogens with one attached hydrogen (secondary N) is 3. The first-order valence-electron chi connectivity index (χ1n) is 13.6. The van der Waals surface area contributed by atoms with Gasteiger partial charge in [0.15, 0.2) is 9.84 Å². The maximum Gasteiger partial charge on any atom is 0.389 e. The molecular formula is C32H33F3N4O4S. The van der Waals surface area contributed by atoms with Crippen LogP contribution in [0.3, 0.4) is 0 Å². The van der Waals surface area contributed by atoms with E-state index in [9.17, 15) is 26.4 Å². The van der Waals surface area contributed by atoms with Crippen molar-refractivity contribution in [2.24, 2.45) is 0 Å². The van der Waals surface area contributed by atoms with Gasteiger partial charge in [-0.2, -0.15) is 13.2 Å². The van der Waals surface area contributed by atoms with Crippen molar-refractivity contribution >= 4 is 44.7 Å². The molecule has 0 bridgehead atoms. The molecule has 44 heavy (non-hydrogen) atoms. The molecule has 0 saturated carbocycles. The van der Waals surface area contributed by atoms with Crippen molar-refractivity contribution in [3.05, 3.63) is 77.4 Å². The van der Waals surface area contributed by atoms with E-state index in [0.29, 0.717) is 39.5 Å². The lowest BCUT2D eigenvalue weighted by Gasteiger charge is -2.17. The number of anilines is 4. The molecule has 0 saturated heterocycles. The Kier molecular flexibility index (Phi) is 9.79. The van der Waals surface area contributed by atoms with E-state index >= 15 is 0 Å². The van der Waals surface area contributed by atoms with Gasteiger partial charge in [0.2, 0.25) is 0 Å². The average molecular weight is 627 g/mol. The first-order chi connectivity index (χ1) is 20.7. The summed E-state index contributed by atoms with van der Waals surface area (Å²) in [6.45, 7) is 0.119. The zero-order valence-electron chi connectivity index (χ0n) is 24.7. The number of allylic oxidation sites excluding steroid dienone is 1. The largest absolute Gasteiger partial charge is 0.495 e. The van der Waals surface area contributed by atoms with Crippen LogP contribution in [-0.4, -0.2) is 54.6 Å². The van der Waals surface area contributed by atoms with Gasteiger partial charge >= 0.3 is 12.2 Å². The number of carbonyl (C=O) groups excluding carboxylic acids is 1. The molecule has 0 radical (unpaired) electrons. The normalized spacial score (nSPS) is 14.1. The lowest BCUT2D eigenvalue weighted by Crippen LogP contribution is -2.20. The highest BCUT2D eigenvalue weighted by atomic mass is 32.2. The second-order valence-corrected chi connectivity index (χ2v) is 12.4. The molecule has 1 aliphatic rings. The second kappa shape index (κ2) is 13.3. The molecule has 2 amide bonds. The number of sulfone groups is 1. The molecule has 232 valence electrons. The van der Waals surface area contributed by atoms with Crippen molar-refractivity contribution < 1.29 is 31.1 Å². The number of halogens is 3. The molecule has 4 rings (SSSR count). The number of urea groups is 1. The van der Waals surface area contributed by atoms with E-state index in [4.69, 9.17) is 4.74 Å². The number of fused-ring (bicyclic) bond motifs is 1. The first kappa shape index (κ1) is 32.3. The van der Waals surface area contributed by atoms with Gasteiger partial charge in [-0.25, -0.2) is 13.2 Å². The van der Waals surface area contributed by atoms with Gasteiger partial charge in [0.05, 0.1) is 24.2 Å². The highest BCUT2D eigenvalue weighted by Crippen LogP contribution is 2.43. The molecule has 12 heteroatoms. The van der Waals surface area contributed by atoms with Crippen molar-refractivity contribution in [1.82, 2.24) is 0 Å². The van der Waals surface area contributed by atoms with E-state index < -0.39 is 34.4 Å². The molecular weight excluding hydrogens is 593 g/mol. The molecule has 0 aromatic heterocycles. The van der Waals surface area contributed by atoms with Gasteiger partial charge in [-0.05, 0) is 60.5 Å². The van der Waals surface area contributed by atoms with Crippen LogP contribution in [0.2, 0.25) is 0 Å². The zero-order chi connectivity index (χ0) is 32.1. The van der Waals surface area contributed by atoms with Crippen LogP contribution in [0.15, 0.2) is 71.1 Å². The van der Waals surface area contributed by atoms with E-state index in [2.05, 4.69) is 27.8 Å². The monoisotopic (exact) mass is 626 g/mol. The number of alkyl halides is 3. The van der Waals surface area contributed by atoms with Gasteiger partial charge in [-0.3, -0.25) is 0 Å². The van der Waals surface area contributed by atoms with Crippen molar-refractivity contribution in [2.45, 2.75) is 29.8 Å². The molecule has 3 aromatic rings. The van der Waals surface area contributed by atoms with Crippen LogP contribution in [-0.2, 0) is 9.84 Å². The smallest absolute Gasteiger partial charge is 0.389 e. The molecule has 8 nitrogen and oxygen atoms in total. The highest BCUT2D eigenvalue weighted by molar-refractivity contribution is 7.90. The molecule has 0 spiro atoms. The lowest BCUT2D eigenvalue weighted by atomic mass is 9.91. The van der Waals surface area contributed by atoms with E-state index in [1.54, 1.807) is 42.5 Å². The Morgan fingerprint density at radius 3 is 2.39 bits per heavy atom. The first-order valence-corrected chi connectivity index (χ1v) is 15.5. The number of nitrogens with zero attached hydrogens (tertiary/aromatic N) is 1. The summed E-state index contributed by atoms with van der Waals surface area (Å²) in [5.74, 6) is 5.66. The van der Waals surface area contributed by atoms with Gasteiger partial charge in [-0.15, -0.1) is 0 Å². The Balaban J connectivity index is 1.53. The Labute approximate surface area is 255 Å². The SMILES string of the molecule is COc1cc(S(C)(=O)=O)ccc1NCC#CC1=Cc2c(NC(=O)Nc3ccc(N(C)C)cc3)cccc2C1CCC(F)(F)F. The Bertz CT molecular complexity index is 1720. The lowest BCUT2D eigenvalue weighted by molar-refractivity contribution is -0.135. The third-order valence-electron chi connectivity index (χ3n) is 7.00. The topological polar surface area (TPSA) is 99.8 Å². The second-order valence-electron chi connectivity index (χ2n) is 10.4. The maximum atomic E-state index is 13.2. The van der Waals surface area contributed by atoms with Crippen LogP contribution in [0.5, 0.6) is 5.75 Å². The molecule has 3 N–H and O–H groups in total. The quantitative estimate of drug-likeness (QED) is 0.228. The van der Waals surface area contributed by atoms with E-state index in [0.717, 1.165) is 11.9 Å². The number of benzene rings is 3. The third kappa shape index (κ3) is 8.26. The Morgan fingerprint density at radius 1 is 1.02 bits per heavy atom. The number of carbonyl (C=O) groups is 1. The van der Waals surface area contributed by atoms with Crippen LogP contribution in [0.25, 0.3) is 6.08 Å². The minimum atomic E-state index is -4.34. The van der Waals surface area contributed by atoms with Crippen LogP contribution in [0.1, 0.15) is 29.9 Å². The number of ether oxygens (including phenoxy) is 1. The van der Waals surface area contributed by atoms with E-state index in [1.807, 2.05) is 31.1 Å². The van der Waals surface area contributed by atoms with Gasteiger partial charge in [0.1, 0.15) is 5.75 Å². The number of rotatable bonds is 9. The summed E-state index contributed by atoms with van der Waals surface area (Å²) >= 11 is 0. The Hall–Kier alpha value is -4.63. The van der Waals surface area contributed by atoms with Crippen LogP contribution >= 0.6 is 0 Å². The van der Waals surface area contributed by atoms with Gasteiger partial charge in [-0.1, -0.05) is 24.0 Å². The van der Waals surface area contributed by atoms with E-state index in [-0.39, 0.29) is 17.9 Å². The molecule has 1 atom stereocenters. The number of hydrogen-bond donors (Lipinski definition) is 3. The molecule has 1 unspecified atom stereocenters. The van der Waals surface area contributed by atoms with Crippen molar-refractivity contribution in [3.63, 3.8) is 0 Å². The summed E-state index contributed by atoms with van der Waals surface area (Å²) in [4.78, 5) is 14.9. The fourth-order valence-electron chi connectivity index (χ4n) is 4.78. The molecule has 0 aliphatic heterocycles. The van der Waals surface area contributed by atoms with Crippen LogP contribution in [0.4, 0.5) is 40.7 Å². The zero-order valence-corrected chi connectivity index (χ0v) is 25.5. The summed E-state index contributed by atoms with van der Waals surface area (Å²) in [7, 11) is 1.81. The summed E-state index contributed by atoms with van der Waals surface area (Å²) in [6, 6.07) is 16.3. The Morgan fingerprint density at radius 2 is 1.75 bits per heavy atom. The minimum absolute atomic E-state index is 0.104. The minimum Gasteiger partial charge on any atom is -0.495 e. The molecule has 3 aromatic carbocycles. The van der Waals surface area contributed by atoms with Gasteiger partial charge in [0.25, 0.3) is 0 Å². The van der Waals surface area contributed by atoms with Gasteiger partial charge in [0, 0.05) is 67.0 Å². The summed E-state index contributed by atoms with van der Waals surface area (Å²) < 4.78 is 68.7. The van der Waals surface area contributed by atoms with Crippen molar-refractivity contribution in [2.75, 3.05) is 54.9 Å². The third-order valence-corrected chi connectivity index (χ3v) is 8.11. The summed E-state index contributed by atoms with van der Waals surface area (Å²) in [5.41, 5.74) is 4.28. The van der Waals surface area contributed by atoms with E-state index in [1.165, 1.54) is 19.2 Å². The van der Waals surface area contributed by atoms with Crippen molar-refractivity contribution in [3.8, 4) is 17.6 Å². The number of amides is 2. The highest BCUT2D eigenvalue weighted by Gasteiger charge is 2.33. The fourth-order valence-corrected chi connectivity index (χ4v) is 5.42. The van der Waals surface area contributed by atoms with Gasteiger partial charge < -0.3 is 25.6 Å². The predicted molar refractivity (Wildman–Crippen MR) is 168 cm³/mol. The standard InChI is InChI=1S/C32H33F3N4O4S/c1-39(2)23-12-10-22(11-13-23)37-31(40)38-28-9-5-8-26-25(16-17-32(33,34)35)21(19-27(26)28)7-6-18-36-29-15-14-24(44(4,41)42)20-30(29)43-3/h5,8-15,19-20,25,36H,16-18H2,1-4H3,(H2,37,38,40). The molecule has 0 fully saturated rings. The molecule has 1 aliphatic carbocycles. The predicted octanol–water partition coefficient (Wildman–Crippen LogP) is 6.75. The maximum absolute atomic E-state index is 13.2. The number of methoxy groups -OCH3 is 1. The summed E-state index contributed by atoms with van der Waals surface area (Å²) in [6.07, 6.45) is -2.71. The number of hydrogen-bond acceptors (Lipinski definition) is 6. The molecule has 0 heterocycles.